The second kappa shape index (κ2) is 5.16. The summed E-state index contributed by atoms with van der Waals surface area (Å²) < 4.78 is 0. The Morgan fingerprint density at radius 3 is 2.43 bits per heavy atom. The summed E-state index contributed by atoms with van der Waals surface area (Å²) in [5.74, 6) is 3.20. The van der Waals surface area contributed by atoms with E-state index >= 15 is 0 Å². The van der Waals surface area contributed by atoms with Gasteiger partial charge >= 0.3 is 0 Å². The highest BCUT2D eigenvalue weighted by atomic mass is 14.8. The standard InChI is InChI=1S/C13H25N/c1-2-14-10-12-6-3-4-9-13(12)11-7-5-8-11/h11-14H,2-10H2,1H3. The molecule has 0 bridgehead atoms. The summed E-state index contributed by atoms with van der Waals surface area (Å²) in [4.78, 5) is 0. The van der Waals surface area contributed by atoms with Crippen LogP contribution in [0.1, 0.15) is 51.9 Å². The van der Waals surface area contributed by atoms with Crippen LogP contribution in [0.15, 0.2) is 0 Å². The van der Waals surface area contributed by atoms with E-state index in [0.717, 1.165) is 24.3 Å². The van der Waals surface area contributed by atoms with Crippen LogP contribution in [0.3, 0.4) is 0 Å². The Morgan fingerprint density at radius 1 is 1.00 bits per heavy atom. The smallest absolute Gasteiger partial charge is 0.00179 e. The first-order chi connectivity index (χ1) is 6.92. The van der Waals surface area contributed by atoms with E-state index in [-0.39, 0.29) is 0 Å². The van der Waals surface area contributed by atoms with Gasteiger partial charge in [-0.15, -0.1) is 0 Å². The fourth-order valence-electron chi connectivity index (χ4n) is 3.31. The van der Waals surface area contributed by atoms with Crippen LogP contribution in [-0.4, -0.2) is 13.1 Å². The Kier molecular flexibility index (Phi) is 3.86. The number of nitrogens with one attached hydrogen (secondary N) is 1. The number of hydrogen-bond acceptors (Lipinski definition) is 1. The van der Waals surface area contributed by atoms with Gasteiger partial charge in [0.15, 0.2) is 0 Å². The van der Waals surface area contributed by atoms with E-state index in [0.29, 0.717) is 0 Å². The molecular formula is C13H25N. The lowest BCUT2D eigenvalue weighted by Gasteiger charge is -2.41. The topological polar surface area (TPSA) is 12.0 Å². The predicted molar refractivity (Wildman–Crippen MR) is 61.3 cm³/mol. The van der Waals surface area contributed by atoms with Crippen LogP contribution in [0.25, 0.3) is 0 Å². The summed E-state index contributed by atoms with van der Waals surface area (Å²) in [7, 11) is 0. The van der Waals surface area contributed by atoms with E-state index in [1.54, 1.807) is 0 Å². The first kappa shape index (κ1) is 10.5. The molecule has 0 radical (unpaired) electrons. The molecule has 14 heavy (non-hydrogen) atoms. The molecule has 0 aromatic heterocycles. The van der Waals surface area contributed by atoms with Gasteiger partial charge < -0.3 is 5.32 Å². The van der Waals surface area contributed by atoms with Gasteiger partial charge in [0.2, 0.25) is 0 Å². The van der Waals surface area contributed by atoms with Gasteiger partial charge in [0.25, 0.3) is 0 Å². The van der Waals surface area contributed by atoms with Crippen LogP contribution >= 0.6 is 0 Å². The molecule has 2 aliphatic rings. The monoisotopic (exact) mass is 195 g/mol. The molecule has 82 valence electrons. The lowest BCUT2D eigenvalue weighted by atomic mass is 9.65. The number of hydrogen-bond donors (Lipinski definition) is 1. The molecule has 2 fully saturated rings. The molecule has 0 amide bonds. The SMILES string of the molecule is CCNCC1CCCCC1C1CCC1. The summed E-state index contributed by atoms with van der Waals surface area (Å²) >= 11 is 0. The van der Waals surface area contributed by atoms with Gasteiger partial charge in [0, 0.05) is 0 Å². The fraction of sp³-hybridized carbons (Fsp3) is 1.00. The van der Waals surface area contributed by atoms with E-state index in [2.05, 4.69) is 12.2 Å². The van der Waals surface area contributed by atoms with Crippen molar-refractivity contribution in [3.05, 3.63) is 0 Å². The second-order valence-corrected chi connectivity index (χ2v) is 5.21. The van der Waals surface area contributed by atoms with Crippen LogP contribution in [0.5, 0.6) is 0 Å². The van der Waals surface area contributed by atoms with E-state index in [4.69, 9.17) is 0 Å². The molecule has 2 aliphatic carbocycles. The van der Waals surface area contributed by atoms with E-state index in [1.165, 1.54) is 51.5 Å². The third kappa shape index (κ3) is 2.31. The van der Waals surface area contributed by atoms with Gasteiger partial charge in [-0.1, -0.05) is 39.0 Å². The molecule has 2 atom stereocenters. The Morgan fingerprint density at radius 2 is 1.79 bits per heavy atom. The summed E-state index contributed by atoms with van der Waals surface area (Å²) in [5, 5.41) is 3.55. The molecule has 1 heteroatoms. The quantitative estimate of drug-likeness (QED) is 0.726. The van der Waals surface area contributed by atoms with Gasteiger partial charge in [-0.2, -0.15) is 0 Å². The minimum absolute atomic E-state index is 1.01. The van der Waals surface area contributed by atoms with Crippen molar-refractivity contribution in [2.75, 3.05) is 13.1 Å². The van der Waals surface area contributed by atoms with Crippen LogP contribution in [0.4, 0.5) is 0 Å². The average molecular weight is 195 g/mol. The van der Waals surface area contributed by atoms with Crippen LogP contribution in [0, 0.1) is 17.8 Å². The highest BCUT2D eigenvalue weighted by molar-refractivity contribution is 4.85. The normalized spacial score (nSPS) is 34.1. The van der Waals surface area contributed by atoms with Crippen LogP contribution < -0.4 is 5.32 Å². The lowest BCUT2D eigenvalue weighted by molar-refractivity contribution is 0.101. The first-order valence-corrected chi connectivity index (χ1v) is 6.62. The third-order valence-corrected chi connectivity index (χ3v) is 4.38. The highest BCUT2D eigenvalue weighted by Gasteiger charge is 2.34. The minimum atomic E-state index is 1.01. The Hall–Kier alpha value is -0.0400. The molecule has 2 saturated carbocycles. The van der Waals surface area contributed by atoms with Crippen molar-refractivity contribution in [2.45, 2.75) is 51.9 Å². The Balaban J connectivity index is 1.82. The molecule has 0 saturated heterocycles. The van der Waals surface area contributed by atoms with Crippen molar-refractivity contribution in [3.8, 4) is 0 Å². The maximum atomic E-state index is 3.55. The maximum Gasteiger partial charge on any atom is -0.00179 e. The zero-order valence-corrected chi connectivity index (χ0v) is 9.60. The van der Waals surface area contributed by atoms with Crippen molar-refractivity contribution in [1.29, 1.82) is 0 Å². The second-order valence-electron chi connectivity index (χ2n) is 5.21. The van der Waals surface area contributed by atoms with Crippen molar-refractivity contribution in [3.63, 3.8) is 0 Å². The molecule has 1 N–H and O–H groups in total. The Labute approximate surface area is 88.7 Å². The van der Waals surface area contributed by atoms with Crippen LogP contribution in [-0.2, 0) is 0 Å². The molecule has 0 aromatic rings. The largest absolute Gasteiger partial charge is 0.317 e. The third-order valence-electron chi connectivity index (χ3n) is 4.38. The molecule has 2 rings (SSSR count). The van der Waals surface area contributed by atoms with Crippen molar-refractivity contribution < 1.29 is 0 Å². The van der Waals surface area contributed by atoms with Crippen LogP contribution in [0.2, 0.25) is 0 Å². The maximum absolute atomic E-state index is 3.55. The van der Waals surface area contributed by atoms with E-state index in [1.807, 2.05) is 0 Å². The summed E-state index contributed by atoms with van der Waals surface area (Å²) in [6.45, 7) is 4.66. The summed E-state index contributed by atoms with van der Waals surface area (Å²) in [6.07, 6.45) is 10.6. The molecule has 0 aliphatic heterocycles. The summed E-state index contributed by atoms with van der Waals surface area (Å²) in [5.41, 5.74) is 0. The fourth-order valence-corrected chi connectivity index (χ4v) is 3.31. The predicted octanol–water partition coefficient (Wildman–Crippen LogP) is 3.20. The molecule has 1 nitrogen and oxygen atoms in total. The van der Waals surface area contributed by atoms with E-state index in [9.17, 15) is 0 Å². The zero-order valence-electron chi connectivity index (χ0n) is 9.60. The van der Waals surface area contributed by atoms with Gasteiger partial charge in [0.1, 0.15) is 0 Å². The molecule has 2 unspecified atom stereocenters. The Bertz CT molecular complexity index is 163. The summed E-state index contributed by atoms with van der Waals surface area (Å²) in [6, 6.07) is 0. The highest BCUT2D eigenvalue weighted by Crippen LogP contribution is 2.43. The zero-order chi connectivity index (χ0) is 9.80. The van der Waals surface area contributed by atoms with E-state index < -0.39 is 0 Å². The molecular weight excluding hydrogens is 170 g/mol. The van der Waals surface area contributed by atoms with Crippen molar-refractivity contribution in [1.82, 2.24) is 5.32 Å². The van der Waals surface area contributed by atoms with Gasteiger partial charge in [0.05, 0.1) is 0 Å². The number of rotatable bonds is 4. The van der Waals surface area contributed by atoms with Gasteiger partial charge in [-0.25, -0.2) is 0 Å². The first-order valence-electron chi connectivity index (χ1n) is 6.62. The van der Waals surface area contributed by atoms with Crippen molar-refractivity contribution >= 4 is 0 Å². The van der Waals surface area contributed by atoms with Gasteiger partial charge in [-0.05, 0) is 43.7 Å². The molecule has 0 heterocycles. The minimum Gasteiger partial charge on any atom is -0.317 e. The average Bonchev–Trinajstić information content (AvgIpc) is 2.14. The molecule has 0 aromatic carbocycles. The lowest BCUT2D eigenvalue weighted by Crippen LogP contribution is -2.36. The molecule has 0 spiro atoms. The van der Waals surface area contributed by atoms with Crippen molar-refractivity contribution in [2.24, 2.45) is 17.8 Å². The van der Waals surface area contributed by atoms with Gasteiger partial charge in [-0.3, -0.25) is 0 Å².